The molecule has 5 heteroatoms. The Morgan fingerprint density at radius 1 is 0.889 bits per heavy atom. The summed E-state index contributed by atoms with van der Waals surface area (Å²) in [6, 6.07) is 8.00. The fraction of sp³-hybridized carbons (Fsp3) is 0.483. The second-order valence-electron chi connectivity index (χ2n) is 23.0. The number of ether oxygens (including phenoxy) is 1. The highest BCUT2D eigenvalue weighted by atomic mass is 16.5. The molecule has 0 radical (unpaired) electrons. The summed E-state index contributed by atoms with van der Waals surface area (Å²) >= 11 is 0. The molecule has 0 bridgehead atoms. The Bertz CT molecular complexity index is 2820. The number of benzene rings is 1. The van der Waals surface area contributed by atoms with E-state index in [2.05, 4.69) is 129 Å². The molecular weight excluding hydrogens is 765 g/mol. The number of allylic oxidation sites excluding steroid dienone is 15. The largest absolute Gasteiger partial charge is 0.487 e. The molecule has 4 nitrogen and oxygen atoms in total. The highest BCUT2D eigenvalue weighted by Crippen LogP contribution is 2.64. The molecule has 1 saturated carbocycles. The van der Waals surface area contributed by atoms with Crippen molar-refractivity contribution in [2.75, 3.05) is 9.80 Å². The smallest absolute Gasteiger partial charge is 0.251 e. The first-order chi connectivity index (χ1) is 30.5. The van der Waals surface area contributed by atoms with Gasteiger partial charge < -0.3 is 19.1 Å². The molecule has 4 aliphatic heterocycles. The summed E-state index contributed by atoms with van der Waals surface area (Å²) in [6.45, 7) is 15.3. The minimum atomic E-state index is 0.0253. The van der Waals surface area contributed by atoms with Crippen molar-refractivity contribution in [1.29, 1.82) is 0 Å². The molecule has 8 aliphatic carbocycles. The first-order valence-corrected chi connectivity index (χ1v) is 25.3. The molecule has 6 unspecified atom stereocenters. The van der Waals surface area contributed by atoms with E-state index >= 15 is 0 Å². The Morgan fingerprint density at radius 3 is 2.62 bits per heavy atom. The van der Waals surface area contributed by atoms with Crippen LogP contribution in [-0.4, -0.2) is 29.0 Å². The summed E-state index contributed by atoms with van der Waals surface area (Å²) in [7, 11) is 0. The van der Waals surface area contributed by atoms with E-state index in [9.17, 15) is 0 Å². The zero-order valence-electron chi connectivity index (χ0n) is 38.7. The average Bonchev–Trinajstić information content (AvgIpc) is 4.00. The van der Waals surface area contributed by atoms with Crippen LogP contribution in [0, 0.1) is 22.7 Å². The van der Waals surface area contributed by atoms with Gasteiger partial charge in [-0.25, -0.2) is 0 Å². The molecule has 6 atom stereocenters. The predicted octanol–water partition coefficient (Wildman–Crippen LogP) is 13.1. The topological polar surface area (TPSA) is 20.6 Å². The molecule has 5 heterocycles. The predicted molar refractivity (Wildman–Crippen MR) is 262 cm³/mol. The molecule has 1 saturated heterocycles. The van der Waals surface area contributed by atoms with Crippen LogP contribution in [0.4, 0.5) is 11.4 Å². The van der Waals surface area contributed by atoms with Crippen molar-refractivity contribution in [3.8, 4) is 0 Å². The van der Waals surface area contributed by atoms with E-state index in [1.165, 1.54) is 66.6 Å². The molecule has 0 spiro atoms. The maximum Gasteiger partial charge on any atom is 0.251 e. The van der Waals surface area contributed by atoms with E-state index in [1.807, 2.05) is 0 Å². The number of anilines is 2. The van der Waals surface area contributed by atoms with Gasteiger partial charge in [0.2, 0.25) is 0 Å². The molecule has 2 fully saturated rings. The van der Waals surface area contributed by atoms with Crippen LogP contribution in [-0.2, 0) is 17.6 Å². The number of hydrogen-bond donors (Lipinski definition) is 0. The van der Waals surface area contributed by atoms with Crippen LogP contribution in [0.25, 0.3) is 16.7 Å². The van der Waals surface area contributed by atoms with Gasteiger partial charge in [-0.3, -0.25) is 0 Å². The van der Waals surface area contributed by atoms with Gasteiger partial charge in [-0.2, -0.15) is 0 Å². The van der Waals surface area contributed by atoms with Crippen molar-refractivity contribution in [1.82, 2.24) is 4.57 Å². The van der Waals surface area contributed by atoms with Crippen molar-refractivity contribution in [2.24, 2.45) is 22.7 Å². The van der Waals surface area contributed by atoms with Gasteiger partial charge in [-0.15, -0.1) is 0 Å². The first-order valence-electron chi connectivity index (χ1n) is 25.3. The van der Waals surface area contributed by atoms with Crippen LogP contribution in [0.15, 0.2) is 118 Å². The lowest BCUT2D eigenvalue weighted by atomic mass is 9.31. The van der Waals surface area contributed by atoms with Crippen molar-refractivity contribution in [3.05, 3.63) is 140 Å². The fourth-order valence-corrected chi connectivity index (χ4v) is 15.7. The van der Waals surface area contributed by atoms with Gasteiger partial charge in [0, 0.05) is 63.2 Å². The number of fused-ring (bicyclic) bond motifs is 14. The summed E-state index contributed by atoms with van der Waals surface area (Å²) in [4.78, 5) is 5.76. The van der Waals surface area contributed by atoms with E-state index in [4.69, 9.17) is 4.74 Å². The maximum absolute atomic E-state index is 7.22. The molecule has 14 rings (SSSR count). The molecular formula is C58H64BN3O. The Morgan fingerprint density at radius 2 is 1.73 bits per heavy atom. The lowest BCUT2D eigenvalue weighted by Crippen LogP contribution is -2.57. The van der Waals surface area contributed by atoms with Gasteiger partial charge in [0.15, 0.2) is 0 Å². The normalized spacial score (nSPS) is 32.9. The molecule has 0 amide bonds. The number of nitrogens with zero attached hydrogens (tertiary/aromatic N) is 3. The van der Waals surface area contributed by atoms with E-state index in [-0.39, 0.29) is 35.2 Å². The Kier molecular flexibility index (Phi) is 7.66. The standard InChI is InChI=1S/C58H64BN3O/c1-34-29-49-53-50(30-34)61-48-31-35-15-7-8-16-38(35)52(48)41-19-13-20-44(54(41)61)59(53)43-25-24-37(33-47(43)60(49)46-21-14-18-40-39-17-9-10-22-51(39)63-55(40)46)62-45-26-23-36(56(2,3)4)32-42(45)57(5)27-11-12-28-58(57,62)6/h14-17,20-22,24-25,29,32-34,40,46,55H,7-13,18-19,23,26-28,30-31H2,1-6H3. The van der Waals surface area contributed by atoms with Gasteiger partial charge in [0.25, 0.3) is 6.71 Å². The first kappa shape index (κ1) is 37.7. The molecule has 1 aromatic carbocycles. The molecule has 0 N–H and O–H groups in total. The number of aromatic nitrogens is 1. The van der Waals surface area contributed by atoms with Crippen molar-refractivity contribution < 1.29 is 4.74 Å². The highest BCUT2D eigenvalue weighted by Gasteiger charge is 2.60. The van der Waals surface area contributed by atoms with Gasteiger partial charge in [-0.1, -0.05) is 108 Å². The fourth-order valence-electron chi connectivity index (χ4n) is 15.7. The molecule has 63 heavy (non-hydrogen) atoms. The third-order valence-corrected chi connectivity index (χ3v) is 18.7. The quantitative estimate of drug-likeness (QED) is 0.222. The zero-order chi connectivity index (χ0) is 42.3. The van der Waals surface area contributed by atoms with Crippen LogP contribution >= 0.6 is 0 Å². The molecule has 1 aromatic heterocycles. The van der Waals surface area contributed by atoms with Crippen molar-refractivity contribution in [2.45, 2.75) is 156 Å². The highest BCUT2D eigenvalue weighted by molar-refractivity contribution is 6.98. The monoisotopic (exact) mass is 830 g/mol. The summed E-state index contributed by atoms with van der Waals surface area (Å²) in [5.41, 5.74) is 26.7. The third kappa shape index (κ3) is 4.80. The second-order valence-corrected chi connectivity index (χ2v) is 23.0. The van der Waals surface area contributed by atoms with Gasteiger partial charge in [0.05, 0.1) is 11.6 Å². The van der Waals surface area contributed by atoms with Gasteiger partial charge in [0.1, 0.15) is 11.9 Å². The SMILES string of the molecule is CC1C=C2C3=C(C1)n1c4c(c5c1C(=CCC5)B3c1ccc(N3C5=C(C=C(C(C)(C)C)CC5)C5(C)CCCCC35C)cc1N2C1C=CCC2C3=CCCC=C3OC21)C1=CCCC=C1C4. The Hall–Kier alpha value is -4.64. The average molecular weight is 830 g/mol. The van der Waals surface area contributed by atoms with Crippen LogP contribution in [0.2, 0.25) is 0 Å². The Labute approximate surface area is 376 Å². The minimum absolute atomic E-state index is 0.0253. The Balaban J connectivity index is 1.01. The summed E-state index contributed by atoms with van der Waals surface area (Å²) < 4.78 is 10.1. The number of hydrogen-bond acceptors (Lipinski definition) is 3. The van der Waals surface area contributed by atoms with Crippen LogP contribution in [0.1, 0.15) is 148 Å². The van der Waals surface area contributed by atoms with Crippen LogP contribution in [0.5, 0.6) is 0 Å². The van der Waals surface area contributed by atoms with Crippen molar-refractivity contribution >= 4 is 40.3 Å². The number of rotatable bonds is 2. The zero-order valence-corrected chi connectivity index (χ0v) is 38.7. The van der Waals surface area contributed by atoms with E-state index < -0.39 is 0 Å². The summed E-state index contributed by atoms with van der Waals surface area (Å²) in [5, 5.41) is 0. The van der Waals surface area contributed by atoms with E-state index in [1.54, 1.807) is 67.1 Å². The maximum atomic E-state index is 7.22. The van der Waals surface area contributed by atoms with Gasteiger partial charge in [-0.05, 0) is 158 Å². The molecule has 12 aliphatic rings. The molecule has 320 valence electrons. The lowest BCUT2D eigenvalue weighted by Gasteiger charge is -2.52. The van der Waals surface area contributed by atoms with Gasteiger partial charge >= 0.3 is 0 Å². The minimum Gasteiger partial charge on any atom is -0.487 e. The second kappa shape index (κ2) is 12.8. The van der Waals surface area contributed by atoms with E-state index in [0.29, 0.717) is 11.8 Å². The van der Waals surface area contributed by atoms with Crippen molar-refractivity contribution in [3.63, 3.8) is 0 Å². The van der Waals surface area contributed by atoms with Crippen LogP contribution < -0.4 is 15.3 Å². The summed E-state index contributed by atoms with van der Waals surface area (Å²) in [6.07, 6.45) is 40.7. The third-order valence-electron chi connectivity index (χ3n) is 18.7. The lowest BCUT2D eigenvalue weighted by molar-refractivity contribution is 0.113. The van der Waals surface area contributed by atoms with Crippen LogP contribution in [0.3, 0.4) is 0 Å². The van der Waals surface area contributed by atoms with E-state index in [0.717, 1.165) is 63.5 Å². The summed E-state index contributed by atoms with van der Waals surface area (Å²) in [5.74, 6) is 1.98. The molecule has 2 aromatic rings.